The summed E-state index contributed by atoms with van der Waals surface area (Å²) in [6, 6.07) is 0.679. The number of aliphatic hydroxyl groups excluding tert-OH is 1. The molecule has 0 spiro atoms. The average molecular weight is 266 g/mol. The lowest BCUT2D eigenvalue weighted by molar-refractivity contribution is 0.265. The van der Waals surface area contributed by atoms with Gasteiger partial charge in [0.2, 0.25) is 10.0 Å². The third kappa shape index (κ3) is 3.11. The first-order chi connectivity index (χ1) is 7.77. The first-order valence-electron chi connectivity index (χ1n) is 4.65. The van der Waals surface area contributed by atoms with Gasteiger partial charge in [-0.2, -0.15) is 0 Å². The van der Waals surface area contributed by atoms with E-state index in [0.717, 1.165) is 6.07 Å². The van der Waals surface area contributed by atoms with Gasteiger partial charge in [-0.3, -0.25) is 0 Å². The van der Waals surface area contributed by atoms with Crippen LogP contribution in [0, 0.1) is 11.6 Å². The molecule has 0 aliphatic carbocycles. The monoisotopic (exact) mass is 266 g/mol. The third-order valence-electron chi connectivity index (χ3n) is 1.94. The van der Waals surface area contributed by atoms with Gasteiger partial charge in [0.1, 0.15) is 4.90 Å². The Labute approximate surface area is 97.3 Å². The molecule has 0 aliphatic heterocycles. The molecule has 0 radical (unpaired) electrons. The van der Waals surface area contributed by atoms with Gasteiger partial charge in [-0.15, -0.1) is 0 Å². The molecule has 0 aliphatic rings. The second-order valence-corrected chi connectivity index (χ2v) is 5.20. The fourth-order valence-corrected chi connectivity index (χ4v) is 2.50. The van der Waals surface area contributed by atoms with Crippen LogP contribution in [0.5, 0.6) is 0 Å². The second-order valence-electron chi connectivity index (χ2n) is 3.52. The van der Waals surface area contributed by atoms with E-state index in [4.69, 9.17) is 10.8 Å². The van der Waals surface area contributed by atoms with E-state index in [2.05, 4.69) is 0 Å². The van der Waals surface area contributed by atoms with Crippen molar-refractivity contribution < 1.29 is 22.3 Å². The molecule has 0 amide bonds. The largest absolute Gasteiger partial charge is 0.399 e. The molecule has 17 heavy (non-hydrogen) atoms. The lowest BCUT2D eigenvalue weighted by Gasteiger charge is -2.12. The Morgan fingerprint density at radius 3 is 2.59 bits per heavy atom. The number of aliphatic hydroxyl groups is 1. The molecule has 1 aromatic carbocycles. The SMILES string of the molecule is CC(CO)NS(=O)(=O)c1cc(N)cc(F)c1F. The number of benzene rings is 1. The fourth-order valence-electron chi connectivity index (χ4n) is 1.14. The summed E-state index contributed by atoms with van der Waals surface area (Å²) in [6.45, 7) is 0.907. The number of halogens is 2. The number of anilines is 1. The first kappa shape index (κ1) is 13.8. The highest BCUT2D eigenvalue weighted by Crippen LogP contribution is 2.21. The van der Waals surface area contributed by atoms with E-state index in [9.17, 15) is 17.2 Å². The van der Waals surface area contributed by atoms with E-state index in [1.807, 2.05) is 4.72 Å². The molecule has 1 atom stereocenters. The number of nitrogens with one attached hydrogen (secondary N) is 1. The van der Waals surface area contributed by atoms with Crippen molar-refractivity contribution in [1.29, 1.82) is 0 Å². The highest BCUT2D eigenvalue weighted by Gasteiger charge is 2.24. The van der Waals surface area contributed by atoms with Gasteiger partial charge in [0.15, 0.2) is 11.6 Å². The summed E-state index contributed by atoms with van der Waals surface area (Å²) in [6.07, 6.45) is 0. The highest BCUT2D eigenvalue weighted by atomic mass is 32.2. The van der Waals surface area contributed by atoms with Crippen LogP contribution in [0.15, 0.2) is 17.0 Å². The van der Waals surface area contributed by atoms with Gasteiger partial charge >= 0.3 is 0 Å². The molecule has 1 unspecified atom stereocenters. The third-order valence-corrected chi connectivity index (χ3v) is 3.53. The maximum absolute atomic E-state index is 13.3. The summed E-state index contributed by atoms with van der Waals surface area (Å²) < 4.78 is 51.6. The quantitative estimate of drug-likeness (QED) is 0.679. The van der Waals surface area contributed by atoms with Crippen molar-refractivity contribution in [2.45, 2.75) is 17.9 Å². The Bertz CT molecular complexity index is 519. The number of nitrogens with two attached hydrogens (primary N) is 1. The zero-order valence-electron chi connectivity index (χ0n) is 8.94. The topological polar surface area (TPSA) is 92.4 Å². The van der Waals surface area contributed by atoms with Gasteiger partial charge in [-0.25, -0.2) is 21.9 Å². The molecule has 96 valence electrons. The summed E-state index contributed by atoms with van der Waals surface area (Å²) >= 11 is 0. The van der Waals surface area contributed by atoms with Crippen molar-refractivity contribution in [3.05, 3.63) is 23.8 Å². The minimum atomic E-state index is -4.25. The molecule has 1 rings (SSSR count). The van der Waals surface area contributed by atoms with Crippen LogP contribution >= 0.6 is 0 Å². The lowest BCUT2D eigenvalue weighted by Crippen LogP contribution is -2.35. The molecule has 1 aromatic rings. The summed E-state index contributed by atoms with van der Waals surface area (Å²) in [5.41, 5.74) is 5.03. The molecule has 0 saturated carbocycles. The number of sulfonamides is 1. The Hall–Kier alpha value is -1.25. The number of nitrogen functional groups attached to an aromatic ring is 1. The number of hydrogen-bond donors (Lipinski definition) is 3. The molecule has 8 heteroatoms. The Kier molecular flexibility index (Phi) is 4.02. The van der Waals surface area contributed by atoms with Crippen LogP contribution in [-0.2, 0) is 10.0 Å². The van der Waals surface area contributed by atoms with Crippen molar-refractivity contribution in [2.24, 2.45) is 0 Å². The van der Waals surface area contributed by atoms with Crippen molar-refractivity contribution in [3.8, 4) is 0 Å². The average Bonchev–Trinajstić information content (AvgIpc) is 2.22. The van der Waals surface area contributed by atoms with Crippen molar-refractivity contribution in [1.82, 2.24) is 4.72 Å². The molecular formula is C9H12F2N2O3S. The molecule has 0 heterocycles. The molecule has 0 fully saturated rings. The summed E-state index contributed by atoms with van der Waals surface area (Å²) in [5, 5.41) is 8.70. The Balaban J connectivity index is 3.24. The molecule has 4 N–H and O–H groups in total. The van der Waals surface area contributed by atoms with E-state index in [1.54, 1.807) is 0 Å². The van der Waals surface area contributed by atoms with Crippen molar-refractivity contribution >= 4 is 15.7 Å². The van der Waals surface area contributed by atoms with E-state index in [0.29, 0.717) is 6.07 Å². The van der Waals surface area contributed by atoms with Crippen LogP contribution in [0.2, 0.25) is 0 Å². The summed E-state index contributed by atoms with van der Waals surface area (Å²) in [5.74, 6) is -2.85. The number of hydrogen-bond acceptors (Lipinski definition) is 4. The van der Waals surface area contributed by atoms with Gasteiger partial charge in [0.05, 0.1) is 6.61 Å². The zero-order chi connectivity index (χ0) is 13.2. The molecular weight excluding hydrogens is 254 g/mol. The van der Waals surface area contributed by atoms with E-state index in [-0.39, 0.29) is 5.69 Å². The van der Waals surface area contributed by atoms with Crippen LogP contribution in [0.3, 0.4) is 0 Å². The highest BCUT2D eigenvalue weighted by molar-refractivity contribution is 7.89. The standard InChI is InChI=1S/C9H12F2N2O3S/c1-5(4-14)13-17(15,16)8-3-6(12)2-7(10)9(8)11/h2-3,5,13-14H,4,12H2,1H3. The van der Waals surface area contributed by atoms with Crippen molar-refractivity contribution in [3.63, 3.8) is 0 Å². The minimum absolute atomic E-state index is 0.207. The van der Waals surface area contributed by atoms with E-state index in [1.165, 1.54) is 6.92 Å². The van der Waals surface area contributed by atoms with Crippen LogP contribution in [0.4, 0.5) is 14.5 Å². The maximum Gasteiger partial charge on any atom is 0.243 e. The molecule has 5 nitrogen and oxygen atoms in total. The second kappa shape index (κ2) is 4.94. The maximum atomic E-state index is 13.3. The number of rotatable bonds is 4. The molecule has 0 aromatic heterocycles. The van der Waals surface area contributed by atoms with E-state index >= 15 is 0 Å². The van der Waals surface area contributed by atoms with Gasteiger partial charge in [0.25, 0.3) is 0 Å². The van der Waals surface area contributed by atoms with Gasteiger partial charge < -0.3 is 10.8 Å². The van der Waals surface area contributed by atoms with Crippen LogP contribution in [-0.4, -0.2) is 26.2 Å². The van der Waals surface area contributed by atoms with Gasteiger partial charge in [0, 0.05) is 11.7 Å². The van der Waals surface area contributed by atoms with Crippen molar-refractivity contribution in [2.75, 3.05) is 12.3 Å². The summed E-state index contributed by atoms with van der Waals surface area (Å²) in [4.78, 5) is -0.879. The lowest BCUT2D eigenvalue weighted by atomic mass is 10.3. The predicted molar refractivity (Wildman–Crippen MR) is 57.6 cm³/mol. The summed E-state index contributed by atoms with van der Waals surface area (Å²) in [7, 11) is -4.25. The van der Waals surface area contributed by atoms with Gasteiger partial charge in [-0.1, -0.05) is 0 Å². The van der Waals surface area contributed by atoms with E-state index < -0.39 is 39.2 Å². The van der Waals surface area contributed by atoms with Crippen LogP contribution in [0.25, 0.3) is 0 Å². The normalized spacial score (nSPS) is 13.6. The smallest absolute Gasteiger partial charge is 0.243 e. The Morgan fingerprint density at radius 1 is 1.47 bits per heavy atom. The minimum Gasteiger partial charge on any atom is -0.399 e. The fraction of sp³-hybridized carbons (Fsp3) is 0.333. The molecule has 0 saturated heterocycles. The Morgan fingerprint density at radius 2 is 2.06 bits per heavy atom. The van der Waals surface area contributed by atoms with Crippen LogP contribution in [0.1, 0.15) is 6.92 Å². The molecule has 0 bridgehead atoms. The first-order valence-corrected chi connectivity index (χ1v) is 6.14. The van der Waals surface area contributed by atoms with Gasteiger partial charge in [-0.05, 0) is 19.1 Å². The predicted octanol–water partition coefficient (Wildman–Crippen LogP) is 0.206. The van der Waals surface area contributed by atoms with Crippen LogP contribution < -0.4 is 10.5 Å². The zero-order valence-corrected chi connectivity index (χ0v) is 9.76.